The number of nitrogens with zero attached hydrogens (tertiary/aromatic N) is 1. The second-order valence-electron chi connectivity index (χ2n) is 6.38. The second-order valence-corrected chi connectivity index (χ2v) is 6.38. The van der Waals surface area contributed by atoms with Crippen LogP contribution >= 0.6 is 0 Å². The number of anilines is 2. The fourth-order valence-electron chi connectivity index (χ4n) is 2.75. The molecule has 20 heavy (non-hydrogen) atoms. The van der Waals surface area contributed by atoms with Gasteiger partial charge in [0.2, 0.25) is 0 Å². The van der Waals surface area contributed by atoms with Gasteiger partial charge in [0.15, 0.2) is 0 Å². The van der Waals surface area contributed by atoms with E-state index in [1.54, 1.807) is 6.07 Å². The van der Waals surface area contributed by atoms with Crippen molar-refractivity contribution in [3.63, 3.8) is 0 Å². The summed E-state index contributed by atoms with van der Waals surface area (Å²) in [5, 5.41) is 3.40. The highest BCUT2D eigenvalue weighted by molar-refractivity contribution is 5.57. The molecule has 2 nitrogen and oxygen atoms in total. The number of hydrogen-bond acceptors (Lipinski definition) is 2. The lowest BCUT2D eigenvalue weighted by molar-refractivity contribution is 0.527. The standard InChI is InChI=1S/C17H27FN2/c1-13(2)6-7-14(3)19-15-8-9-17(16(18)12-15)20-10-4-5-11-20/h8-9,12-14,19H,4-7,10-11H2,1-3H3. The summed E-state index contributed by atoms with van der Waals surface area (Å²) >= 11 is 0. The van der Waals surface area contributed by atoms with E-state index < -0.39 is 0 Å². The average Bonchev–Trinajstić information content (AvgIpc) is 2.90. The summed E-state index contributed by atoms with van der Waals surface area (Å²) in [5.74, 6) is 0.612. The third-order valence-electron chi connectivity index (χ3n) is 3.98. The molecule has 1 aromatic rings. The van der Waals surface area contributed by atoms with Gasteiger partial charge >= 0.3 is 0 Å². The number of nitrogens with one attached hydrogen (secondary N) is 1. The Labute approximate surface area is 122 Å². The normalized spacial score (nSPS) is 16.8. The van der Waals surface area contributed by atoms with Crippen LogP contribution in [0.1, 0.15) is 46.5 Å². The van der Waals surface area contributed by atoms with Gasteiger partial charge in [0, 0.05) is 24.8 Å². The molecule has 1 aliphatic rings. The minimum Gasteiger partial charge on any atom is -0.383 e. The van der Waals surface area contributed by atoms with E-state index in [-0.39, 0.29) is 5.82 Å². The molecule has 1 fully saturated rings. The summed E-state index contributed by atoms with van der Waals surface area (Å²) in [4.78, 5) is 2.14. The fraction of sp³-hybridized carbons (Fsp3) is 0.647. The van der Waals surface area contributed by atoms with E-state index in [2.05, 4.69) is 31.0 Å². The Balaban J connectivity index is 1.94. The molecule has 0 radical (unpaired) electrons. The lowest BCUT2D eigenvalue weighted by Crippen LogP contribution is -2.20. The van der Waals surface area contributed by atoms with Gasteiger partial charge in [0.25, 0.3) is 0 Å². The molecule has 112 valence electrons. The van der Waals surface area contributed by atoms with Gasteiger partial charge in [-0.3, -0.25) is 0 Å². The highest BCUT2D eigenvalue weighted by atomic mass is 19.1. The van der Waals surface area contributed by atoms with Crippen LogP contribution in [0.3, 0.4) is 0 Å². The van der Waals surface area contributed by atoms with Gasteiger partial charge in [-0.05, 0) is 56.7 Å². The molecule has 1 heterocycles. The molecular weight excluding hydrogens is 251 g/mol. The molecule has 0 aromatic heterocycles. The van der Waals surface area contributed by atoms with Gasteiger partial charge in [0.05, 0.1) is 5.69 Å². The molecule has 2 rings (SSSR count). The molecule has 3 heteroatoms. The van der Waals surface area contributed by atoms with Crippen molar-refractivity contribution in [3.8, 4) is 0 Å². The zero-order valence-electron chi connectivity index (χ0n) is 13.0. The first-order valence-electron chi connectivity index (χ1n) is 7.87. The maximum Gasteiger partial charge on any atom is 0.148 e. The summed E-state index contributed by atoms with van der Waals surface area (Å²) in [7, 11) is 0. The molecule has 1 saturated heterocycles. The number of hydrogen-bond donors (Lipinski definition) is 1. The first-order valence-corrected chi connectivity index (χ1v) is 7.87. The van der Waals surface area contributed by atoms with Crippen molar-refractivity contribution in [2.45, 2.75) is 52.5 Å². The predicted octanol–water partition coefficient (Wildman–Crippen LogP) is 4.66. The van der Waals surface area contributed by atoms with Gasteiger partial charge in [-0.1, -0.05) is 13.8 Å². The summed E-state index contributed by atoms with van der Waals surface area (Å²) in [5.41, 5.74) is 1.64. The van der Waals surface area contributed by atoms with E-state index in [0.717, 1.165) is 30.9 Å². The molecule has 1 N–H and O–H groups in total. The maximum absolute atomic E-state index is 14.2. The largest absolute Gasteiger partial charge is 0.383 e. The van der Waals surface area contributed by atoms with Crippen LogP contribution in [0, 0.1) is 11.7 Å². The highest BCUT2D eigenvalue weighted by Crippen LogP contribution is 2.26. The van der Waals surface area contributed by atoms with Crippen LogP contribution in [0.2, 0.25) is 0 Å². The van der Waals surface area contributed by atoms with Crippen LogP contribution < -0.4 is 10.2 Å². The zero-order valence-corrected chi connectivity index (χ0v) is 13.0. The third-order valence-corrected chi connectivity index (χ3v) is 3.98. The predicted molar refractivity (Wildman–Crippen MR) is 85.0 cm³/mol. The van der Waals surface area contributed by atoms with Crippen LogP contribution in [0.5, 0.6) is 0 Å². The highest BCUT2D eigenvalue weighted by Gasteiger charge is 2.16. The Morgan fingerprint density at radius 2 is 1.85 bits per heavy atom. The van der Waals surface area contributed by atoms with E-state index in [1.807, 2.05) is 12.1 Å². The number of halogens is 1. The van der Waals surface area contributed by atoms with Crippen molar-refractivity contribution < 1.29 is 4.39 Å². The van der Waals surface area contributed by atoms with Crippen molar-refractivity contribution >= 4 is 11.4 Å². The average molecular weight is 278 g/mol. The van der Waals surface area contributed by atoms with Crippen LogP contribution in [-0.4, -0.2) is 19.1 Å². The first-order chi connectivity index (χ1) is 9.56. The lowest BCUT2D eigenvalue weighted by Gasteiger charge is -2.20. The molecule has 0 bridgehead atoms. The smallest absolute Gasteiger partial charge is 0.148 e. The molecule has 0 spiro atoms. The minimum atomic E-state index is -0.104. The summed E-state index contributed by atoms with van der Waals surface area (Å²) in [6.45, 7) is 8.59. The molecule has 1 aromatic carbocycles. The van der Waals surface area contributed by atoms with Crippen molar-refractivity contribution in [3.05, 3.63) is 24.0 Å². The van der Waals surface area contributed by atoms with E-state index in [1.165, 1.54) is 19.3 Å². The SMILES string of the molecule is CC(C)CCC(C)Nc1ccc(N2CCCC2)c(F)c1. The number of rotatable bonds is 6. The van der Waals surface area contributed by atoms with Crippen LogP contribution in [0.25, 0.3) is 0 Å². The fourth-order valence-corrected chi connectivity index (χ4v) is 2.75. The quantitative estimate of drug-likeness (QED) is 0.814. The van der Waals surface area contributed by atoms with E-state index >= 15 is 0 Å². The molecule has 0 aliphatic carbocycles. The van der Waals surface area contributed by atoms with Gasteiger partial charge < -0.3 is 10.2 Å². The Morgan fingerprint density at radius 1 is 1.15 bits per heavy atom. The molecule has 0 saturated carbocycles. The molecule has 1 atom stereocenters. The third kappa shape index (κ3) is 4.12. The second kappa shape index (κ2) is 6.96. The monoisotopic (exact) mass is 278 g/mol. The molecular formula is C17H27FN2. The van der Waals surface area contributed by atoms with E-state index in [4.69, 9.17) is 0 Å². The van der Waals surface area contributed by atoms with Crippen molar-refractivity contribution in [2.75, 3.05) is 23.3 Å². The Morgan fingerprint density at radius 3 is 2.45 bits per heavy atom. The van der Waals surface area contributed by atoms with Gasteiger partial charge in [-0.2, -0.15) is 0 Å². The lowest BCUT2D eigenvalue weighted by atomic mass is 10.0. The minimum absolute atomic E-state index is 0.104. The van der Waals surface area contributed by atoms with E-state index in [0.29, 0.717) is 12.0 Å². The topological polar surface area (TPSA) is 15.3 Å². The van der Waals surface area contributed by atoms with Crippen molar-refractivity contribution in [2.24, 2.45) is 5.92 Å². The summed E-state index contributed by atoms with van der Waals surface area (Å²) in [6.07, 6.45) is 4.66. The summed E-state index contributed by atoms with van der Waals surface area (Å²) in [6, 6.07) is 5.94. The van der Waals surface area contributed by atoms with Gasteiger partial charge in [0.1, 0.15) is 5.82 Å². The van der Waals surface area contributed by atoms with Crippen molar-refractivity contribution in [1.29, 1.82) is 0 Å². The Hall–Kier alpha value is -1.25. The van der Waals surface area contributed by atoms with E-state index in [9.17, 15) is 4.39 Å². The Bertz CT molecular complexity index is 425. The molecule has 0 amide bonds. The zero-order chi connectivity index (χ0) is 14.5. The first kappa shape index (κ1) is 15.1. The van der Waals surface area contributed by atoms with Crippen LogP contribution in [0.4, 0.5) is 15.8 Å². The molecule has 1 aliphatic heterocycles. The van der Waals surface area contributed by atoms with Crippen molar-refractivity contribution in [1.82, 2.24) is 0 Å². The van der Waals surface area contributed by atoms with Gasteiger partial charge in [-0.25, -0.2) is 4.39 Å². The number of benzene rings is 1. The van der Waals surface area contributed by atoms with Gasteiger partial charge in [-0.15, -0.1) is 0 Å². The Kier molecular flexibility index (Phi) is 5.27. The molecule has 1 unspecified atom stereocenters. The maximum atomic E-state index is 14.2. The summed E-state index contributed by atoms with van der Waals surface area (Å²) < 4.78 is 14.2. The van der Waals surface area contributed by atoms with Crippen LogP contribution in [0.15, 0.2) is 18.2 Å². The van der Waals surface area contributed by atoms with Crippen LogP contribution in [-0.2, 0) is 0 Å².